The van der Waals surface area contributed by atoms with Crippen molar-refractivity contribution in [1.29, 1.82) is 0 Å². The monoisotopic (exact) mass is 303 g/mol. The summed E-state index contributed by atoms with van der Waals surface area (Å²) >= 11 is 0. The van der Waals surface area contributed by atoms with Crippen LogP contribution < -0.4 is 5.32 Å². The molecule has 0 aromatic carbocycles. The summed E-state index contributed by atoms with van der Waals surface area (Å²) in [6.45, 7) is 5.47. The Morgan fingerprint density at radius 3 is 2.90 bits per heavy atom. The molecule has 1 rings (SSSR count). The van der Waals surface area contributed by atoms with Gasteiger partial charge in [-0.25, -0.2) is 0 Å². The van der Waals surface area contributed by atoms with Crippen LogP contribution in [0, 0.1) is 0 Å². The Kier molecular flexibility index (Phi) is 6.81. The number of hydrogen-bond acceptors (Lipinski definition) is 5. The second-order valence-electron chi connectivity index (χ2n) is 4.34. The zero-order valence-electron chi connectivity index (χ0n) is 11.6. The van der Waals surface area contributed by atoms with Crippen molar-refractivity contribution in [3.63, 3.8) is 0 Å². The minimum Gasteiger partial charge on any atom is -0.355 e. The number of ether oxygens (including phenoxy) is 1. The fraction of sp³-hybridized carbons (Fsp3) is 0.583. The van der Waals surface area contributed by atoms with Crippen LogP contribution in [0.2, 0.25) is 0 Å². The standard InChI is InChI=1S/C12H19N2O5P/c1-4-14(7-9(2)12(15)13-3)11-6-5-10(19-11)8-18-20(16)17/h4,7,10-11H,1,5-6,8H2,2-3H3,(H-,13,15,16,17)/p+1/b9-7-. The summed E-state index contributed by atoms with van der Waals surface area (Å²) in [4.78, 5) is 21.8. The number of nitrogens with one attached hydrogen (secondary N) is 1. The lowest BCUT2D eigenvalue weighted by atomic mass is 10.2. The van der Waals surface area contributed by atoms with Crippen molar-refractivity contribution in [3.8, 4) is 0 Å². The van der Waals surface area contributed by atoms with E-state index < -0.39 is 8.25 Å². The van der Waals surface area contributed by atoms with Crippen LogP contribution in [0.5, 0.6) is 0 Å². The molecule has 0 aromatic rings. The highest BCUT2D eigenvalue weighted by Crippen LogP contribution is 2.26. The lowest BCUT2D eigenvalue weighted by molar-refractivity contribution is -0.117. The summed E-state index contributed by atoms with van der Waals surface area (Å²) in [5.41, 5.74) is 0.536. The largest absolute Gasteiger partial charge is 0.694 e. The van der Waals surface area contributed by atoms with Crippen molar-refractivity contribution in [2.75, 3.05) is 13.7 Å². The lowest BCUT2D eigenvalue weighted by Gasteiger charge is -2.24. The van der Waals surface area contributed by atoms with Crippen LogP contribution in [0.1, 0.15) is 19.8 Å². The van der Waals surface area contributed by atoms with Crippen molar-refractivity contribution in [1.82, 2.24) is 10.2 Å². The van der Waals surface area contributed by atoms with E-state index in [4.69, 9.17) is 9.63 Å². The van der Waals surface area contributed by atoms with Gasteiger partial charge in [-0.2, -0.15) is 0 Å². The molecule has 8 heteroatoms. The molecular weight excluding hydrogens is 283 g/mol. The molecular formula is C12H20N2O5P+. The third kappa shape index (κ3) is 5.02. The SMILES string of the molecule is C=CN(/C=C(/C)C(=O)NC)C1CCC(CO[P+](=O)O)O1. The normalized spacial score (nSPS) is 23.4. The highest BCUT2D eigenvalue weighted by molar-refractivity contribution is 7.32. The number of carbonyl (C=O) groups excluding carboxylic acids is 1. The Morgan fingerprint density at radius 2 is 2.35 bits per heavy atom. The van der Waals surface area contributed by atoms with Gasteiger partial charge in [0.25, 0.3) is 0 Å². The molecule has 1 amide bonds. The van der Waals surface area contributed by atoms with E-state index >= 15 is 0 Å². The van der Waals surface area contributed by atoms with E-state index in [1.165, 1.54) is 0 Å². The Hall–Kier alpha value is -1.27. The lowest BCUT2D eigenvalue weighted by Crippen LogP contribution is -2.29. The first-order valence-electron chi connectivity index (χ1n) is 6.23. The molecule has 2 N–H and O–H groups in total. The Bertz CT molecular complexity index is 413. The zero-order valence-corrected chi connectivity index (χ0v) is 12.5. The van der Waals surface area contributed by atoms with Crippen LogP contribution in [0.4, 0.5) is 0 Å². The summed E-state index contributed by atoms with van der Waals surface area (Å²) < 4.78 is 20.8. The molecule has 0 saturated carbocycles. The molecule has 1 aliphatic rings. The van der Waals surface area contributed by atoms with E-state index in [-0.39, 0.29) is 24.8 Å². The van der Waals surface area contributed by atoms with Gasteiger partial charge in [0.2, 0.25) is 5.91 Å². The summed E-state index contributed by atoms with van der Waals surface area (Å²) in [6, 6.07) is 0. The van der Waals surface area contributed by atoms with Crippen LogP contribution >= 0.6 is 8.25 Å². The van der Waals surface area contributed by atoms with E-state index in [9.17, 15) is 9.36 Å². The first-order chi connectivity index (χ1) is 9.47. The summed E-state index contributed by atoms with van der Waals surface area (Å²) in [6.07, 6.45) is 4.18. The minimum atomic E-state index is -2.60. The number of carbonyl (C=O) groups is 1. The van der Waals surface area contributed by atoms with Crippen molar-refractivity contribution in [2.45, 2.75) is 32.1 Å². The molecule has 0 aromatic heterocycles. The van der Waals surface area contributed by atoms with E-state index in [0.717, 1.165) is 6.42 Å². The molecule has 1 heterocycles. The minimum absolute atomic E-state index is 0.0747. The second-order valence-corrected chi connectivity index (χ2v) is 5.08. The molecule has 0 aliphatic carbocycles. The second kappa shape index (κ2) is 8.11. The molecule has 0 radical (unpaired) electrons. The van der Waals surface area contributed by atoms with Crippen LogP contribution in [0.15, 0.2) is 24.6 Å². The van der Waals surface area contributed by atoms with Crippen molar-refractivity contribution < 1.29 is 23.5 Å². The molecule has 3 unspecified atom stereocenters. The average molecular weight is 303 g/mol. The Labute approximate surface area is 119 Å². The smallest absolute Gasteiger partial charge is 0.355 e. The average Bonchev–Trinajstić information content (AvgIpc) is 2.89. The third-order valence-corrected chi connectivity index (χ3v) is 3.30. The van der Waals surface area contributed by atoms with Crippen molar-refractivity contribution in [3.05, 3.63) is 24.6 Å². The van der Waals surface area contributed by atoms with Crippen molar-refractivity contribution in [2.24, 2.45) is 0 Å². The summed E-state index contributed by atoms with van der Waals surface area (Å²) in [5.74, 6) is -0.174. The van der Waals surface area contributed by atoms with Gasteiger partial charge in [-0.1, -0.05) is 6.58 Å². The van der Waals surface area contributed by atoms with Gasteiger partial charge in [0, 0.05) is 23.4 Å². The first-order valence-corrected chi connectivity index (χ1v) is 7.36. The number of amides is 1. The molecule has 0 spiro atoms. The van der Waals surface area contributed by atoms with Crippen LogP contribution in [-0.2, 0) is 18.6 Å². The molecule has 1 saturated heterocycles. The summed E-state index contributed by atoms with van der Waals surface area (Å²) in [5, 5.41) is 2.54. The van der Waals surface area contributed by atoms with Gasteiger partial charge in [0.05, 0.1) is 6.10 Å². The van der Waals surface area contributed by atoms with E-state index in [1.807, 2.05) is 0 Å². The van der Waals surface area contributed by atoms with Gasteiger partial charge in [-0.05, 0) is 26.0 Å². The first kappa shape index (κ1) is 16.8. The number of rotatable bonds is 7. The quantitative estimate of drug-likeness (QED) is 0.543. The Morgan fingerprint density at radius 1 is 1.65 bits per heavy atom. The van der Waals surface area contributed by atoms with Gasteiger partial charge < -0.3 is 15.0 Å². The highest BCUT2D eigenvalue weighted by atomic mass is 31.1. The molecule has 20 heavy (non-hydrogen) atoms. The fourth-order valence-electron chi connectivity index (χ4n) is 1.91. The van der Waals surface area contributed by atoms with Gasteiger partial charge in [0.1, 0.15) is 12.8 Å². The third-order valence-electron chi connectivity index (χ3n) is 2.93. The van der Waals surface area contributed by atoms with E-state index in [1.54, 1.807) is 31.3 Å². The Balaban J connectivity index is 2.58. The highest BCUT2D eigenvalue weighted by Gasteiger charge is 2.30. The number of hydrogen-bond donors (Lipinski definition) is 2. The topological polar surface area (TPSA) is 88.1 Å². The maximum atomic E-state index is 11.5. The van der Waals surface area contributed by atoms with Crippen LogP contribution in [0.3, 0.4) is 0 Å². The van der Waals surface area contributed by atoms with Crippen LogP contribution in [0.25, 0.3) is 0 Å². The molecule has 7 nitrogen and oxygen atoms in total. The molecule has 0 bridgehead atoms. The van der Waals surface area contributed by atoms with Gasteiger partial charge >= 0.3 is 8.25 Å². The van der Waals surface area contributed by atoms with Crippen molar-refractivity contribution >= 4 is 14.2 Å². The van der Waals surface area contributed by atoms with E-state index in [2.05, 4.69) is 16.4 Å². The van der Waals surface area contributed by atoms with E-state index in [0.29, 0.717) is 12.0 Å². The van der Waals surface area contributed by atoms with Crippen LogP contribution in [-0.4, -0.2) is 41.7 Å². The van der Waals surface area contributed by atoms with Gasteiger partial charge in [-0.15, -0.1) is 9.42 Å². The summed E-state index contributed by atoms with van der Waals surface area (Å²) in [7, 11) is -1.04. The maximum absolute atomic E-state index is 11.5. The van der Waals surface area contributed by atoms with Gasteiger partial charge in [-0.3, -0.25) is 4.79 Å². The fourth-order valence-corrected chi connectivity index (χ4v) is 2.20. The maximum Gasteiger partial charge on any atom is 0.694 e. The predicted molar refractivity (Wildman–Crippen MR) is 73.5 cm³/mol. The predicted octanol–water partition coefficient (Wildman–Crippen LogP) is 1.25. The molecule has 112 valence electrons. The molecule has 1 aliphatic heterocycles. The molecule has 1 fully saturated rings. The number of nitrogens with zero attached hydrogens (tertiary/aromatic N) is 1. The number of likely N-dealkylation sites (N-methyl/N-ethyl adjacent to an activating group) is 1. The molecule has 3 atom stereocenters. The van der Waals surface area contributed by atoms with Gasteiger partial charge in [0.15, 0.2) is 0 Å². The zero-order chi connectivity index (χ0) is 15.1.